The first-order valence-corrected chi connectivity index (χ1v) is 8.94. The number of rotatable bonds is 8. The monoisotopic (exact) mass is 380 g/mol. The van der Waals surface area contributed by atoms with Crippen LogP contribution in [0.3, 0.4) is 0 Å². The second-order valence-corrected chi connectivity index (χ2v) is 6.83. The second kappa shape index (κ2) is 8.87. The normalized spacial score (nSPS) is 15.8. The maximum absolute atomic E-state index is 12.5. The number of benzene rings is 1. The molecule has 0 bridgehead atoms. The zero-order valence-electron chi connectivity index (χ0n) is 13.9. The van der Waals surface area contributed by atoms with Crippen molar-refractivity contribution in [1.82, 2.24) is 4.90 Å². The predicted molar refractivity (Wildman–Crippen MR) is 98.3 cm³/mol. The quantitative estimate of drug-likeness (QED) is 0.503. The molecule has 1 heterocycles. The fourth-order valence-electron chi connectivity index (χ4n) is 2.27. The van der Waals surface area contributed by atoms with Gasteiger partial charge in [-0.25, -0.2) is 0 Å². The molecule has 0 atom stereocenters. The molecule has 8 heteroatoms. The number of carbonyl (C=O) groups is 2. The van der Waals surface area contributed by atoms with Gasteiger partial charge in [0.05, 0.1) is 18.6 Å². The Balaban J connectivity index is 2.14. The van der Waals surface area contributed by atoms with E-state index >= 15 is 0 Å². The third-order valence-electron chi connectivity index (χ3n) is 3.42. The van der Waals surface area contributed by atoms with Gasteiger partial charge >= 0.3 is 0 Å². The van der Waals surface area contributed by atoms with Gasteiger partial charge in [0.1, 0.15) is 4.32 Å². The van der Waals surface area contributed by atoms with Crippen LogP contribution in [0.2, 0.25) is 0 Å². The largest absolute Gasteiger partial charge is 0.550 e. The summed E-state index contributed by atoms with van der Waals surface area (Å²) >= 11 is 6.41. The summed E-state index contributed by atoms with van der Waals surface area (Å²) in [6.45, 7) is 2.68. The molecule has 1 saturated heterocycles. The molecule has 0 spiro atoms. The minimum atomic E-state index is -1.14. The Morgan fingerprint density at radius 3 is 2.80 bits per heavy atom. The molecule has 1 aliphatic rings. The van der Waals surface area contributed by atoms with Gasteiger partial charge in [0.2, 0.25) is 0 Å². The molecule has 0 aromatic heterocycles. The van der Waals surface area contributed by atoms with Crippen LogP contribution in [0.25, 0.3) is 6.08 Å². The smallest absolute Gasteiger partial charge is 0.266 e. The van der Waals surface area contributed by atoms with Gasteiger partial charge in [-0.1, -0.05) is 30.0 Å². The summed E-state index contributed by atoms with van der Waals surface area (Å²) in [5, 5.41) is 10.5. The average molecular weight is 380 g/mol. The van der Waals surface area contributed by atoms with E-state index in [4.69, 9.17) is 21.7 Å². The molecule has 0 saturated carbocycles. The molecule has 1 fully saturated rings. The number of ether oxygens (including phenoxy) is 2. The van der Waals surface area contributed by atoms with Crippen LogP contribution in [0.1, 0.15) is 25.3 Å². The number of amides is 1. The predicted octanol–water partition coefficient (Wildman–Crippen LogP) is 1.83. The highest BCUT2D eigenvalue weighted by Gasteiger charge is 2.31. The summed E-state index contributed by atoms with van der Waals surface area (Å²) in [4.78, 5) is 24.8. The van der Waals surface area contributed by atoms with Crippen molar-refractivity contribution in [2.75, 3.05) is 20.3 Å². The van der Waals surface area contributed by atoms with E-state index in [1.807, 2.05) is 13.0 Å². The van der Waals surface area contributed by atoms with Crippen molar-refractivity contribution in [3.63, 3.8) is 0 Å². The molecule has 0 aliphatic carbocycles. The highest BCUT2D eigenvalue weighted by atomic mass is 32.2. The van der Waals surface area contributed by atoms with Gasteiger partial charge in [0.25, 0.3) is 5.91 Å². The summed E-state index contributed by atoms with van der Waals surface area (Å²) in [6.07, 6.45) is 1.93. The highest BCUT2D eigenvalue weighted by Crippen LogP contribution is 2.34. The molecule has 0 unspecified atom stereocenters. The van der Waals surface area contributed by atoms with Crippen molar-refractivity contribution in [2.45, 2.75) is 19.8 Å². The van der Waals surface area contributed by atoms with E-state index in [2.05, 4.69) is 0 Å². The number of nitrogens with zero attached hydrogens (tertiary/aromatic N) is 1. The van der Waals surface area contributed by atoms with Crippen LogP contribution < -0.4 is 14.6 Å². The number of aliphatic carboxylic acids is 1. The molecule has 134 valence electrons. The summed E-state index contributed by atoms with van der Waals surface area (Å²) < 4.78 is 11.2. The molecule has 2 rings (SSSR count). The summed E-state index contributed by atoms with van der Waals surface area (Å²) in [6, 6.07) is 5.40. The SMILES string of the molecule is CCOc1ccc(/C=C2\SC(=S)N(CCCC(=O)[O-])C2=O)cc1OC. The molecular formula is C17H18NO5S2-. The first-order valence-electron chi connectivity index (χ1n) is 7.72. The zero-order chi connectivity index (χ0) is 18.4. The number of carboxylic acids is 1. The maximum Gasteiger partial charge on any atom is 0.266 e. The molecule has 0 N–H and O–H groups in total. The molecule has 1 aliphatic heterocycles. The van der Waals surface area contributed by atoms with Crippen molar-refractivity contribution in [3.05, 3.63) is 28.7 Å². The molecule has 1 aromatic carbocycles. The minimum Gasteiger partial charge on any atom is -0.550 e. The van der Waals surface area contributed by atoms with E-state index in [0.29, 0.717) is 33.8 Å². The lowest BCUT2D eigenvalue weighted by Gasteiger charge is -2.14. The van der Waals surface area contributed by atoms with Gasteiger partial charge in [-0.05, 0) is 43.5 Å². The lowest BCUT2D eigenvalue weighted by Crippen LogP contribution is -2.30. The van der Waals surface area contributed by atoms with Crippen LogP contribution in [0.15, 0.2) is 23.1 Å². The van der Waals surface area contributed by atoms with Gasteiger partial charge in [-0.15, -0.1) is 0 Å². The van der Waals surface area contributed by atoms with Gasteiger partial charge in [-0.3, -0.25) is 9.69 Å². The van der Waals surface area contributed by atoms with Crippen LogP contribution in [-0.4, -0.2) is 41.4 Å². The molecular weight excluding hydrogens is 362 g/mol. The Morgan fingerprint density at radius 1 is 1.40 bits per heavy atom. The van der Waals surface area contributed by atoms with Crippen molar-refractivity contribution < 1.29 is 24.2 Å². The minimum absolute atomic E-state index is 0.105. The van der Waals surface area contributed by atoms with Crippen LogP contribution in [0, 0.1) is 0 Å². The summed E-state index contributed by atoms with van der Waals surface area (Å²) in [5.74, 6) is -0.138. The summed E-state index contributed by atoms with van der Waals surface area (Å²) in [7, 11) is 1.55. The fraction of sp³-hybridized carbons (Fsp3) is 0.353. The molecule has 25 heavy (non-hydrogen) atoms. The molecule has 0 radical (unpaired) electrons. The van der Waals surface area contributed by atoms with Crippen molar-refractivity contribution in [2.24, 2.45) is 0 Å². The third kappa shape index (κ3) is 4.96. The number of thiocarbonyl (C=S) groups is 1. The van der Waals surface area contributed by atoms with E-state index in [0.717, 1.165) is 5.56 Å². The zero-order valence-corrected chi connectivity index (χ0v) is 15.6. The molecule has 1 amide bonds. The van der Waals surface area contributed by atoms with Gasteiger partial charge < -0.3 is 19.4 Å². The van der Waals surface area contributed by atoms with Crippen molar-refractivity contribution in [3.8, 4) is 11.5 Å². The first-order chi connectivity index (χ1) is 12.0. The lowest BCUT2D eigenvalue weighted by molar-refractivity contribution is -0.305. The van der Waals surface area contributed by atoms with E-state index < -0.39 is 5.97 Å². The van der Waals surface area contributed by atoms with E-state index in [1.165, 1.54) is 16.7 Å². The average Bonchev–Trinajstić information content (AvgIpc) is 2.83. The summed E-state index contributed by atoms with van der Waals surface area (Å²) in [5.41, 5.74) is 0.788. The van der Waals surface area contributed by atoms with Crippen LogP contribution in [0.5, 0.6) is 11.5 Å². The molecule has 6 nitrogen and oxygen atoms in total. The van der Waals surface area contributed by atoms with Gasteiger partial charge in [0, 0.05) is 12.5 Å². The topological polar surface area (TPSA) is 78.9 Å². The number of carbonyl (C=O) groups excluding carboxylic acids is 2. The van der Waals surface area contributed by atoms with Crippen molar-refractivity contribution in [1.29, 1.82) is 0 Å². The van der Waals surface area contributed by atoms with Gasteiger partial charge in [-0.2, -0.15) is 0 Å². The molecule has 1 aromatic rings. The Kier molecular flexibility index (Phi) is 6.83. The standard InChI is InChI=1S/C17H19NO5S2/c1-3-23-12-7-6-11(9-13(12)22-2)10-14-16(21)18(17(24)25-14)8-4-5-15(19)20/h6-7,9-10H,3-5,8H2,1-2H3,(H,19,20)/p-1/b14-10-. The number of thioether (sulfide) groups is 1. The number of hydrogen-bond donors (Lipinski definition) is 0. The fourth-order valence-corrected chi connectivity index (χ4v) is 3.58. The highest BCUT2D eigenvalue weighted by molar-refractivity contribution is 8.26. The van der Waals surface area contributed by atoms with E-state index in [-0.39, 0.29) is 18.9 Å². The number of methoxy groups -OCH3 is 1. The van der Waals surface area contributed by atoms with E-state index in [1.54, 1.807) is 25.3 Å². The Morgan fingerprint density at radius 2 is 2.16 bits per heavy atom. The van der Waals surface area contributed by atoms with Gasteiger partial charge in [0.15, 0.2) is 11.5 Å². The third-order valence-corrected chi connectivity index (χ3v) is 4.80. The van der Waals surface area contributed by atoms with Crippen LogP contribution in [0.4, 0.5) is 0 Å². The number of carboxylic acid groups (broad SMARTS) is 1. The second-order valence-electron chi connectivity index (χ2n) is 5.15. The lowest BCUT2D eigenvalue weighted by atomic mass is 10.2. The van der Waals surface area contributed by atoms with Crippen LogP contribution in [-0.2, 0) is 9.59 Å². The Bertz CT molecular complexity index is 717. The van der Waals surface area contributed by atoms with Crippen molar-refractivity contribution >= 4 is 46.3 Å². The Labute approximate surface area is 155 Å². The maximum atomic E-state index is 12.5. The van der Waals surface area contributed by atoms with Crippen LogP contribution >= 0.6 is 24.0 Å². The Hall–Kier alpha value is -2.06. The number of hydrogen-bond acceptors (Lipinski definition) is 7. The van der Waals surface area contributed by atoms with E-state index in [9.17, 15) is 14.7 Å². The first kappa shape index (κ1) is 19.3.